The number of rotatable bonds is 0. The quantitative estimate of drug-likeness (QED) is 0.343. The van der Waals surface area contributed by atoms with Crippen molar-refractivity contribution in [1.29, 1.82) is 0 Å². The lowest BCUT2D eigenvalue weighted by molar-refractivity contribution is -0.150. The molecule has 4 atom stereocenters. The lowest BCUT2D eigenvalue weighted by atomic mass is 10.0. The first-order chi connectivity index (χ1) is 7.06. The lowest BCUT2D eigenvalue weighted by Crippen LogP contribution is -2.27. The first-order valence-corrected chi connectivity index (χ1v) is 5.11. The second kappa shape index (κ2) is 3.90. The van der Waals surface area contributed by atoms with Gasteiger partial charge < -0.3 is 14.6 Å². The van der Waals surface area contributed by atoms with Crippen LogP contribution in [0.15, 0.2) is 0 Å². The van der Waals surface area contributed by atoms with Gasteiger partial charge in [0.1, 0.15) is 24.4 Å². The third kappa shape index (κ3) is 2.54. The summed E-state index contributed by atoms with van der Waals surface area (Å²) < 4.78 is 10.2. The van der Waals surface area contributed by atoms with Crippen molar-refractivity contribution in [3.05, 3.63) is 0 Å². The highest BCUT2D eigenvalue weighted by atomic mass is 16.6. The summed E-state index contributed by atoms with van der Waals surface area (Å²) >= 11 is 0. The molecule has 5 heteroatoms. The minimum Gasteiger partial charge on any atom is -0.462 e. The van der Waals surface area contributed by atoms with E-state index in [0.717, 1.165) is 0 Å². The molecule has 2 fully saturated rings. The number of fused-ring (bicyclic) bond motifs is 1. The van der Waals surface area contributed by atoms with Crippen LogP contribution in [-0.4, -0.2) is 41.3 Å². The van der Waals surface area contributed by atoms with Crippen LogP contribution in [0.2, 0.25) is 0 Å². The van der Waals surface area contributed by atoms with Gasteiger partial charge in [0.05, 0.1) is 12.2 Å². The summed E-state index contributed by atoms with van der Waals surface area (Å²) in [6.07, 6.45) is -1.06. The third-order valence-corrected chi connectivity index (χ3v) is 2.68. The van der Waals surface area contributed by atoms with Crippen LogP contribution in [0.3, 0.4) is 0 Å². The molecular weight excluding hydrogens is 200 g/mol. The average molecular weight is 214 g/mol. The molecule has 0 aromatic carbocycles. The van der Waals surface area contributed by atoms with E-state index in [1.807, 2.05) is 0 Å². The summed E-state index contributed by atoms with van der Waals surface area (Å²) in [5.41, 5.74) is 0. The van der Waals surface area contributed by atoms with E-state index in [2.05, 4.69) is 0 Å². The fourth-order valence-electron chi connectivity index (χ4n) is 1.91. The highest BCUT2D eigenvalue weighted by molar-refractivity contribution is 5.95. The first-order valence-electron chi connectivity index (χ1n) is 5.11. The van der Waals surface area contributed by atoms with Crippen LogP contribution >= 0.6 is 0 Å². The highest BCUT2D eigenvalue weighted by Crippen LogP contribution is 2.32. The van der Waals surface area contributed by atoms with Gasteiger partial charge in [0.2, 0.25) is 0 Å². The Morgan fingerprint density at radius 1 is 1.40 bits per heavy atom. The molecule has 5 nitrogen and oxygen atoms in total. The van der Waals surface area contributed by atoms with Crippen molar-refractivity contribution in [2.24, 2.45) is 0 Å². The van der Waals surface area contributed by atoms with Gasteiger partial charge in [-0.1, -0.05) is 0 Å². The Morgan fingerprint density at radius 3 is 2.87 bits per heavy atom. The number of aliphatic hydroxyl groups excluding tert-OH is 1. The van der Waals surface area contributed by atoms with Gasteiger partial charge in [0, 0.05) is 12.8 Å². The van der Waals surface area contributed by atoms with Gasteiger partial charge in [-0.3, -0.25) is 9.59 Å². The van der Waals surface area contributed by atoms with E-state index >= 15 is 0 Å². The number of ketones is 1. The topological polar surface area (TPSA) is 76.1 Å². The Labute approximate surface area is 87.4 Å². The maximum Gasteiger partial charge on any atom is 0.313 e. The number of aliphatic hydroxyl groups is 1. The van der Waals surface area contributed by atoms with E-state index < -0.39 is 12.1 Å². The predicted octanol–water partition coefficient (Wildman–Crippen LogP) is -0.201. The number of epoxide rings is 1. The van der Waals surface area contributed by atoms with Gasteiger partial charge in [-0.25, -0.2) is 0 Å². The number of esters is 1. The molecule has 2 rings (SSSR count). The molecule has 2 heterocycles. The van der Waals surface area contributed by atoms with Crippen LogP contribution in [0.1, 0.15) is 26.2 Å². The largest absolute Gasteiger partial charge is 0.462 e. The van der Waals surface area contributed by atoms with Crippen molar-refractivity contribution in [1.82, 2.24) is 0 Å². The van der Waals surface area contributed by atoms with E-state index in [1.165, 1.54) is 0 Å². The second-order valence-corrected chi connectivity index (χ2v) is 4.16. The molecular formula is C10H14O5. The van der Waals surface area contributed by atoms with Crippen molar-refractivity contribution < 1.29 is 24.2 Å². The SMILES string of the molecule is CC1CC2OC2C(O)CC(=O)CC(=O)O1. The summed E-state index contributed by atoms with van der Waals surface area (Å²) in [5, 5.41) is 9.59. The van der Waals surface area contributed by atoms with Crippen molar-refractivity contribution in [2.75, 3.05) is 0 Å². The molecule has 4 unspecified atom stereocenters. The molecule has 0 aromatic rings. The van der Waals surface area contributed by atoms with E-state index in [9.17, 15) is 14.7 Å². The normalized spacial score (nSPS) is 41.7. The molecule has 0 saturated carbocycles. The Hall–Kier alpha value is -0.940. The Kier molecular flexibility index (Phi) is 2.75. The van der Waals surface area contributed by atoms with Gasteiger partial charge in [0.25, 0.3) is 0 Å². The van der Waals surface area contributed by atoms with Crippen molar-refractivity contribution in [3.8, 4) is 0 Å². The number of Topliss-reactive ketones (excluding diaryl/α,β-unsaturated/α-hetero) is 1. The number of carbonyl (C=O) groups excluding carboxylic acids is 2. The van der Waals surface area contributed by atoms with Crippen molar-refractivity contribution >= 4 is 11.8 Å². The smallest absolute Gasteiger partial charge is 0.313 e. The molecule has 0 aliphatic carbocycles. The summed E-state index contributed by atoms with van der Waals surface area (Å²) in [6.45, 7) is 1.76. The van der Waals surface area contributed by atoms with Gasteiger partial charge in [-0.05, 0) is 6.92 Å². The summed E-state index contributed by atoms with van der Waals surface area (Å²) in [5.74, 6) is -0.811. The Bertz CT molecular complexity index is 288. The van der Waals surface area contributed by atoms with Crippen LogP contribution in [0.5, 0.6) is 0 Å². The zero-order chi connectivity index (χ0) is 11.0. The fraction of sp³-hybridized carbons (Fsp3) is 0.800. The average Bonchev–Trinajstić information content (AvgIpc) is 2.80. The zero-order valence-corrected chi connectivity index (χ0v) is 8.51. The van der Waals surface area contributed by atoms with Gasteiger partial charge in [0.15, 0.2) is 0 Å². The Balaban J connectivity index is 2.02. The standard InChI is InChI=1S/C10H14O5/c1-5-2-8-10(15-8)7(12)3-6(11)4-9(13)14-5/h5,7-8,10,12H,2-4H2,1H3. The van der Waals surface area contributed by atoms with Crippen LogP contribution in [0.4, 0.5) is 0 Å². The molecule has 1 N–H and O–H groups in total. The molecule has 15 heavy (non-hydrogen) atoms. The molecule has 2 aliphatic rings. The van der Waals surface area contributed by atoms with Gasteiger partial charge >= 0.3 is 5.97 Å². The minimum absolute atomic E-state index is 0.0232. The fourth-order valence-corrected chi connectivity index (χ4v) is 1.91. The van der Waals surface area contributed by atoms with E-state index in [4.69, 9.17) is 9.47 Å². The van der Waals surface area contributed by atoms with Crippen LogP contribution in [-0.2, 0) is 19.1 Å². The molecule has 0 aromatic heterocycles. The number of hydrogen-bond acceptors (Lipinski definition) is 5. The number of ether oxygens (including phenoxy) is 2. The van der Waals surface area contributed by atoms with E-state index in [0.29, 0.717) is 6.42 Å². The number of cyclic esters (lactones) is 1. The minimum atomic E-state index is -0.777. The van der Waals surface area contributed by atoms with E-state index in [-0.39, 0.29) is 36.9 Å². The number of carbonyl (C=O) groups is 2. The third-order valence-electron chi connectivity index (χ3n) is 2.68. The molecule has 0 spiro atoms. The van der Waals surface area contributed by atoms with Gasteiger partial charge in [-0.2, -0.15) is 0 Å². The van der Waals surface area contributed by atoms with Crippen LogP contribution in [0, 0.1) is 0 Å². The molecule has 2 aliphatic heterocycles. The first kappa shape index (κ1) is 10.6. The molecule has 84 valence electrons. The monoisotopic (exact) mass is 214 g/mol. The lowest BCUT2D eigenvalue weighted by Gasteiger charge is -2.14. The van der Waals surface area contributed by atoms with Crippen LogP contribution in [0.25, 0.3) is 0 Å². The summed E-state index contributed by atoms with van der Waals surface area (Å²) in [4.78, 5) is 22.5. The predicted molar refractivity (Wildman–Crippen MR) is 49.1 cm³/mol. The zero-order valence-electron chi connectivity index (χ0n) is 8.51. The summed E-state index contributed by atoms with van der Waals surface area (Å²) in [6, 6.07) is 0. The molecule has 0 amide bonds. The maximum absolute atomic E-state index is 11.3. The Morgan fingerprint density at radius 2 is 2.13 bits per heavy atom. The summed E-state index contributed by atoms with van der Waals surface area (Å²) in [7, 11) is 0. The molecule has 2 saturated heterocycles. The number of hydrogen-bond donors (Lipinski definition) is 1. The van der Waals surface area contributed by atoms with E-state index in [1.54, 1.807) is 6.92 Å². The maximum atomic E-state index is 11.3. The molecule has 0 bridgehead atoms. The highest BCUT2D eigenvalue weighted by Gasteiger charge is 2.46. The second-order valence-electron chi connectivity index (χ2n) is 4.16. The van der Waals surface area contributed by atoms with Gasteiger partial charge in [-0.15, -0.1) is 0 Å². The van der Waals surface area contributed by atoms with Crippen molar-refractivity contribution in [2.45, 2.75) is 50.6 Å². The van der Waals surface area contributed by atoms with Crippen molar-refractivity contribution in [3.63, 3.8) is 0 Å². The molecule has 0 radical (unpaired) electrons. The van der Waals surface area contributed by atoms with Crippen LogP contribution < -0.4 is 0 Å².